The number of benzene rings is 2. The maximum atomic E-state index is 2.37. The van der Waals surface area contributed by atoms with Crippen molar-refractivity contribution in [2.75, 3.05) is 0 Å². The minimum atomic E-state index is 1.02. The maximum absolute atomic E-state index is 2.37. The van der Waals surface area contributed by atoms with E-state index in [9.17, 15) is 0 Å². The van der Waals surface area contributed by atoms with Crippen molar-refractivity contribution in [2.45, 2.75) is 0 Å². The highest BCUT2D eigenvalue weighted by atomic mass is 14.9. The Morgan fingerprint density at radius 1 is 0.800 bits per heavy atom. The van der Waals surface area contributed by atoms with E-state index in [0.717, 1.165) is 7.31 Å². The fourth-order valence-electron chi connectivity index (χ4n) is 2.34. The van der Waals surface area contributed by atoms with E-state index in [1.807, 2.05) is 0 Å². The molecule has 2 aromatic carbocycles. The second kappa shape index (κ2) is 3.20. The van der Waals surface area contributed by atoms with Gasteiger partial charge in [0.25, 0.3) is 0 Å². The molecular weight excluding hydrogens is 180 g/mol. The zero-order valence-electron chi connectivity index (χ0n) is 8.77. The molecule has 0 radical (unpaired) electrons. The van der Waals surface area contributed by atoms with E-state index in [1.165, 1.54) is 21.8 Å². The molecule has 1 nitrogen and oxygen atoms in total. The standard InChI is InChI=1S/C12H11B2N/c13-14-15-11-7-3-1-5-9(11)10-6-2-4-8-12(10)15/h1-8,14H,13H2. The molecule has 0 spiro atoms. The average molecular weight is 191 g/mol. The molecule has 0 aliphatic heterocycles. The molecule has 0 atom stereocenters. The third-order valence-corrected chi connectivity index (χ3v) is 3.00. The van der Waals surface area contributed by atoms with Gasteiger partial charge in [-0.25, -0.2) is 0 Å². The Morgan fingerprint density at radius 3 is 1.73 bits per heavy atom. The third-order valence-electron chi connectivity index (χ3n) is 3.00. The van der Waals surface area contributed by atoms with Crippen LogP contribution in [0.5, 0.6) is 0 Å². The summed E-state index contributed by atoms with van der Waals surface area (Å²) in [4.78, 5) is 0. The topological polar surface area (TPSA) is 4.93 Å². The lowest BCUT2D eigenvalue weighted by Crippen LogP contribution is -2.04. The number of rotatable bonds is 1. The summed E-state index contributed by atoms with van der Waals surface area (Å²) in [6, 6.07) is 17.2. The van der Waals surface area contributed by atoms with Crippen molar-refractivity contribution in [1.82, 2.24) is 4.48 Å². The van der Waals surface area contributed by atoms with Crippen LogP contribution in [0.3, 0.4) is 0 Å². The average Bonchev–Trinajstić information content (AvgIpc) is 2.63. The molecule has 0 bridgehead atoms. The first kappa shape index (κ1) is 8.66. The summed E-state index contributed by atoms with van der Waals surface area (Å²) in [5.41, 5.74) is 2.67. The first-order chi connectivity index (χ1) is 7.42. The molecule has 0 aliphatic carbocycles. The van der Waals surface area contributed by atoms with Gasteiger partial charge in [0.1, 0.15) is 0 Å². The predicted octanol–water partition coefficient (Wildman–Crippen LogP) is 1.54. The van der Waals surface area contributed by atoms with E-state index in [2.05, 4.69) is 60.7 Å². The molecule has 0 fully saturated rings. The van der Waals surface area contributed by atoms with Gasteiger partial charge in [-0.15, -0.1) is 0 Å². The number of fused-ring (bicyclic) bond motifs is 3. The summed E-state index contributed by atoms with van der Waals surface area (Å²) in [7, 11) is 3.22. The normalized spacial score (nSPS) is 10.9. The molecule has 3 aromatic rings. The third kappa shape index (κ3) is 1.13. The van der Waals surface area contributed by atoms with Crippen molar-refractivity contribution >= 4 is 36.8 Å². The highest BCUT2D eigenvalue weighted by Gasteiger charge is 2.06. The fourth-order valence-corrected chi connectivity index (χ4v) is 2.34. The summed E-state index contributed by atoms with van der Waals surface area (Å²) < 4.78 is 2.37. The molecule has 1 heterocycles. The Morgan fingerprint density at radius 2 is 1.27 bits per heavy atom. The van der Waals surface area contributed by atoms with Crippen LogP contribution in [0.2, 0.25) is 0 Å². The van der Waals surface area contributed by atoms with Crippen LogP contribution >= 0.6 is 0 Å². The Labute approximate surface area is 90.4 Å². The van der Waals surface area contributed by atoms with E-state index < -0.39 is 0 Å². The van der Waals surface area contributed by atoms with Crippen molar-refractivity contribution in [1.29, 1.82) is 0 Å². The van der Waals surface area contributed by atoms with E-state index in [1.54, 1.807) is 0 Å². The van der Waals surface area contributed by atoms with Gasteiger partial charge in [-0.05, 0) is 12.1 Å². The Hall–Kier alpha value is -1.63. The minimum Gasteiger partial charge on any atom is -0.397 e. The first-order valence-corrected chi connectivity index (χ1v) is 5.38. The number of hydrogen-bond donors (Lipinski definition) is 0. The van der Waals surface area contributed by atoms with Crippen molar-refractivity contribution in [3.63, 3.8) is 0 Å². The lowest BCUT2D eigenvalue weighted by atomic mass is 9.66. The number of nitrogens with zero attached hydrogens (tertiary/aromatic N) is 1. The Kier molecular flexibility index (Phi) is 1.84. The SMILES string of the molecule is BBn1c2ccccc2c2ccccc21. The van der Waals surface area contributed by atoms with Crippen molar-refractivity contribution in [2.24, 2.45) is 0 Å². The smallest absolute Gasteiger partial charge is 0.198 e. The van der Waals surface area contributed by atoms with Crippen LogP contribution in [-0.2, 0) is 0 Å². The van der Waals surface area contributed by atoms with Crippen LogP contribution in [0.15, 0.2) is 48.5 Å². The monoisotopic (exact) mass is 191 g/mol. The molecule has 70 valence electrons. The van der Waals surface area contributed by atoms with Gasteiger partial charge < -0.3 is 4.48 Å². The highest BCUT2D eigenvalue weighted by molar-refractivity contribution is 6.89. The molecule has 1 aromatic heterocycles. The summed E-state index contributed by atoms with van der Waals surface area (Å²) in [6.45, 7) is 0. The van der Waals surface area contributed by atoms with E-state index in [-0.39, 0.29) is 0 Å². The number of aromatic nitrogens is 1. The van der Waals surface area contributed by atoms with Gasteiger partial charge >= 0.3 is 0 Å². The van der Waals surface area contributed by atoms with Gasteiger partial charge in [0, 0.05) is 21.8 Å². The Balaban J connectivity index is 2.62. The molecule has 0 amide bonds. The summed E-state index contributed by atoms with van der Waals surface area (Å²) >= 11 is 0. The van der Waals surface area contributed by atoms with Crippen LogP contribution in [0, 0.1) is 0 Å². The largest absolute Gasteiger partial charge is 0.397 e. The molecule has 0 unspecified atom stereocenters. The zero-order valence-corrected chi connectivity index (χ0v) is 8.77. The second-order valence-electron chi connectivity index (χ2n) is 3.78. The lowest BCUT2D eigenvalue weighted by molar-refractivity contribution is 1.38. The van der Waals surface area contributed by atoms with Crippen LogP contribution in [0.1, 0.15) is 0 Å². The van der Waals surface area contributed by atoms with Gasteiger partial charge in [0.15, 0.2) is 7.31 Å². The van der Waals surface area contributed by atoms with Gasteiger partial charge in [-0.3, -0.25) is 0 Å². The van der Waals surface area contributed by atoms with Crippen LogP contribution in [0.25, 0.3) is 21.8 Å². The minimum absolute atomic E-state index is 1.02. The van der Waals surface area contributed by atoms with Gasteiger partial charge in [-0.1, -0.05) is 36.4 Å². The van der Waals surface area contributed by atoms with E-state index >= 15 is 0 Å². The van der Waals surface area contributed by atoms with Crippen LogP contribution < -0.4 is 0 Å². The van der Waals surface area contributed by atoms with Crippen molar-refractivity contribution < 1.29 is 0 Å². The molecule has 0 saturated heterocycles. The number of para-hydroxylation sites is 2. The molecule has 0 saturated carbocycles. The molecule has 15 heavy (non-hydrogen) atoms. The Bertz CT molecular complexity index is 574. The van der Waals surface area contributed by atoms with Gasteiger partial charge in [0.05, 0.1) is 7.74 Å². The molecule has 3 rings (SSSR count). The summed E-state index contributed by atoms with van der Waals surface area (Å²) in [6.07, 6.45) is 0. The maximum Gasteiger partial charge on any atom is 0.198 e. The van der Waals surface area contributed by atoms with Gasteiger partial charge in [-0.2, -0.15) is 0 Å². The fraction of sp³-hybridized carbons (Fsp3) is 0. The quantitative estimate of drug-likeness (QED) is 0.514. The highest BCUT2D eigenvalue weighted by Crippen LogP contribution is 2.27. The predicted molar refractivity (Wildman–Crippen MR) is 70.5 cm³/mol. The van der Waals surface area contributed by atoms with Gasteiger partial charge in [0.2, 0.25) is 0 Å². The lowest BCUT2D eigenvalue weighted by Gasteiger charge is -2.01. The van der Waals surface area contributed by atoms with Crippen molar-refractivity contribution in [3.8, 4) is 0 Å². The zero-order chi connectivity index (χ0) is 10.3. The van der Waals surface area contributed by atoms with Crippen LogP contribution in [-0.4, -0.2) is 19.5 Å². The molecule has 0 N–H and O–H groups in total. The molecular formula is C12H11B2N. The van der Waals surface area contributed by atoms with E-state index in [4.69, 9.17) is 0 Å². The van der Waals surface area contributed by atoms with E-state index in [0.29, 0.717) is 0 Å². The van der Waals surface area contributed by atoms with Crippen LogP contribution in [0.4, 0.5) is 0 Å². The first-order valence-electron chi connectivity index (χ1n) is 5.38. The van der Waals surface area contributed by atoms with Crippen molar-refractivity contribution in [3.05, 3.63) is 48.5 Å². The number of hydrogen-bond acceptors (Lipinski definition) is 0. The summed E-state index contributed by atoms with van der Waals surface area (Å²) in [5, 5.41) is 2.71. The summed E-state index contributed by atoms with van der Waals surface area (Å²) in [5.74, 6) is 0. The molecule has 0 aliphatic rings. The second-order valence-corrected chi connectivity index (χ2v) is 3.78. The molecule has 3 heteroatoms.